The lowest BCUT2D eigenvalue weighted by Gasteiger charge is -2.34. The second-order valence-corrected chi connectivity index (χ2v) is 5.46. The number of nitrogens with one attached hydrogen (secondary N) is 1. The van der Waals surface area contributed by atoms with Gasteiger partial charge in [0.2, 0.25) is 0 Å². The smallest absolute Gasteiger partial charge is 0.356 e. The second-order valence-electron chi connectivity index (χ2n) is 5.46. The van der Waals surface area contributed by atoms with Gasteiger partial charge in [0.1, 0.15) is 5.70 Å². The van der Waals surface area contributed by atoms with Crippen LogP contribution in [0.15, 0.2) is 16.8 Å². The molecule has 0 radical (unpaired) electrons. The molecule has 2 aliphatic heterocycles. The normalized spacial score (nSPS) is 34.2. The van der Waals surface area contributed by atoms with E-state index >= 15 is 0 Å². The zero-order valence-corrected chi connectivity index (χ0v) is 10.8. The Hall–Kier alpha value is -1.16. The molecule has 0 spiro atoms. The Balaban J connectivity index is 1.74. The van der Waals surface area contributed by atoms with E-state index in [2.05, 4.69) is 10.3 Å². The van der Waals surface area contributed by atoms with Gasteiger partial charge in [-0.3, -0.25) is 4.99 Å². The van der Waals surface area contributed by atoms with E-state index in [-0.39, 0.29) is 5.97 Å². The first-order valence-corrected chi connectivity index (χ1v) is 6.93. The van der Waals surface area contributed by atoms with Crippen LogP contribution in [0.2, 0.25) is 0 Å². The van der Waals surface area contributed by atoms with E-state index in [9.17, 15) is 4.79 Å². The van der Waals surface area contributed by atoms with Crippen molar-refractivity contribution in [1.29, 1.82) is 0 Å². The average molecular weight is 248 g/mol. The van der Waals surface area contributed by atoms with Gasteiger partial charge in [0.05, 0.1) is 6.61 Å². The molecule has 0 aromatic carbocycles. The van der Waals surface area contributed by atoms with Crippen LogP contribution in [0.4, 0.5) is 0 Å². The predicted octanol–water partition coefficient (Wildman–Crippen LogP) is 1.52. The molecule has 1 N–H and O–H groups in total. The molecule has 4 heteroatoms. The summed E-state index contributed by atoms with van der Waals surface area (Å²) in [5.41, 5.74) is 1.75. The molecule has 2 heterocycles. The lowest BCUT2D eigenvalue weighted by Crippen LogP contribution is -2.33. The van der Waals surface area contributed by atoms with Crippen LogP contribution in [0.1, 0.15) is 26.2 Å². The van der Waals surface area contributed by atoms with E-state index in [1.165, 1.54) is 12.1 Å². The van der Waals surface area contributed by atoms with Gasteiger partial charge in [0.15, 0.2) is 0 Å². The highest BCUT2D eigenvalue weighted by Gasteiger charge is 2.38. The average Bonchev–Trinajstić information content (AvgIpc) is 2.82. The van der Waals surface area contributed by atoms with Crippen molar-refractivity contribution >= 4 is 11.7 Å². The Morgan fingerprint density at radius 1 is 1.50 bits per heavy atom. The summed E-state index contributed by atoms with van der Waals surface area (Å²) in [4.78, 5) is 16.2. The lowest BCUT2D eigenvalue weighted by molar-refractivity contribution is -0.138. The molecule has 4 nitrogen and oxygen atoms in total. The largest absolute Gasteiger partial charge is 0.461 e. The Morgan fingerprint density at radius 3 is 3.17 bits per heavy atom. The zero-order chi connectivity index (χ0) is 12.5. The minimum atomic E-state index is -0.268. The molecule has 3 rings (SSSR count). The molecular weight excluding hydrogens is 228 g/mol. The van der Waals surface area contributed by atoms with Gasteiger partial charge in [-0.15, -0.1) is 0 Å². The fourth-order valence-electron chi connectivity index (χ4n) is 3.40. The van der Waals surface area contributed by atoms with Crippen LogP contribution in [-0.4, -0.2) is 31.4 Å². The predicted molar refractivity (Wildman–Crippen MR) is 69.3 cm³/mol. The molecule has 1 aliphatic carbocycles. The summed E-state index contributed by atoms with van der Waals surface area (Å²) in [7, 11) is 0. The maximum Gasteiger partial charge on any atom is 0.356 e. The molecule has 2 fully saturated rings. The Labute approximate surface area is 107 Å². The van der Waals surface area contributed by atoms with E-state index in [0.29, 0.717) is 18.2 Å². The molecule has 0 aromatic heterocycles. The molecule has 3 aliphatic rings. The molecule has 3 atom stereocenters. The van der Waals surface area contributed by atoms with Gasteiger partial charge in [-0.25, -0.2) is 4.79 Å². The minimum absolute atomic E-state index is 0.268. The van der Waals surface area contributed by atoms with Crippen molar-refractivity contribution in [1.82, 2.24) is 5.32 Å². The fraction of sp³-hybridized carbons (Fsp3) is 0.714. The monoisotopic (exact) mass is 248 g/mol. The third-order valence-corrected chi connectivity index (χ3v) is 4.35. The van der Waals surface area contributed by atoms with Crippen molar-refractivity contribution in [2.75, 3.05) is 19.7 Å². The number of carbonyl (C=O) groups excluding carboxylic acids is 1. The molecule has 0 amide bonds. The van der Waals surface area contributed by atoms with Crippen LogP contribution >= 0.6 is 0 Å². The van der Waals surface area contributed by atoms with Gasteiger partial charge in [-0.2, -0.15) is 0 Å². The van der Waals surface area contributed by atoms with Crippen LogP contribution < -0.4 is 5.32 Å². The third-order valence-electron chi connectivity index (χ3n) is 4.35. The van der Waals surface area contributed by atoms with Crippen molar-refractivity contribution in [2.24, 2.45) is 22.7 Å². The topological polar surface area (TPSA) is 50.7 Å². The number of hydrogen-bond donors (Lipinski definition) is 1. The molecular formula is C14H20N2O2. The summed E-state index contributed by atoms with van der Waals surface area (Å²) < 4.78 is 5.02. The molecule has 1 saturated carbocycles. The molecule has 1 saturated heterocycles. The van der Waals surface area contributed by atoms with Crippen molar-refractivity contribution in [2.45, 2.75) is 26.2 Å². The van der Waals surface area contributed by atoms with Crippen LogP contribution in [-0.2, 0) is 9.53 Å². The number of esters is 1. The van der Waals surface area contributed by atoms with Gasteiger partial charge in [-0.05, 0) is 51.1 Å². The highest BCUT2D eigenvalue weighted by molar-refractivity contribution is 5.97. The number of carbonyl (C=O) groups is 1. The SMILES string of the molecule is CCOC(=O)C1=CCC2CC3CNCC3CC2=N1. The maximum atomic E-state index is 11.7. The molecule has 18 heavy (non-hydrogen) atoms. The van der Waals surface area contributed by atoms with Gasteiger partial charge < -0.3 is 10.1 Å². The second kappa shape index (κ2) is 4.84. The molecule has 98 valence electrons. The zero-order valence-electron chi connectivity index (χ0n) is 10.8. The first kappa shape index (κ1) is 11.9. The lowest BCUT2D eigenvalue weighted by atomic mass is 9.72. The molecule has 3 unspecified atom stereocenters. The number of aliphatic imine (C=N–C) groups is 1. The number of ether oxygens (including phenoxy) is 1. The van der Waals surface area contributed by atoms with E-state index in [1.54, 1.807) is 0 Å². The Bertz CT molecular complexity index is 414. The summed E-state index contributed by atoms with van der Waals surface area (Å²) in [5, 5.41) is 3.46. The van der Waals surface area contributed by atoms with Crippen molar-refractivity contribution in [3.8, 4) is 0 Å². The van der Waals surface area contributed by atoms with Gasteiger partial charge in [0.25, 0.3) is 0 Å². The van der Waals surface area contributed by atoms with Crippen molar-refractivity contribution < 1.29 is 9.53 Å². The first-order chi connectivity index (χ1) is 8.78. The Kier molecular flexibility index (Phi) is 3.20. The number of fused-ring (bicyclic) bond motifs is 2. The fourth-order valence-corrected chi connectivity index (χ4v) is 3.40. The Morgan fingerprint density at radius 2 is 2.33 bits per heavy atom. The number of nitrogens with zero attached hydrogens (tertiary/aromatic N) is 1. The van der Waals surface area contributed by atoms with Gasteiger partial charge in [-0.1, -0.05) is 6.08 Å². The summed E-state index contributed by atoms with van der Waals surface area (Å²) in [6.07, 6.45) is 5.19. The van der Waals surface area contributed by atoms with E-state index in [1.807, 2.05) is 13.0 Å². The quantitative estimate of drug-likeness (QED) is 0.754. The molecule has 0 bridgehead atoms. The standard InChI is InChI=1S/C14H20N2O2/c1-2-18-14(17)12-4-3-9-5-10-7-15-8-11(10)6-13(9)16-12/h4,9-11,15H,2-3,5-8H2,1H3. The molecule has 0 aromatic rings. The van der Waals surface area contributed by atoms with Crippen LogP contribution in [0.3, 0.4) is 0 Å². The minimum Gasteiger partial charge on any atom is -0.461 e. The summed E-state index contributed by atoms with van der Waals surface area (Å²) in [6.45, 7) is 4.50. The van der Waals surface area contributed by atoms with Crippen LogP contribution in [0, 0.1) is 17.8 Å². The third kappa shape index (κ3) is 2.09. The van der Waals surface area contributed by atoms with Gasteiger partial charge in [0, 0.05) is 11.6 Å². The number of allylic oxidation sites excluding steroid dienone is 1. The number of hydrogen-bond acceptors (Lipinski definition) is 4. The van der Waals surface area contributed by atoms with Crippen molar-refractivity contribution in [3.05, 3.63) is 11.8 Å². The van der Waals surface area contributed by atoms with Crippen LogP contribution in [0.25, 0.3) is 0 Å². The van der Waals surface area contributed by atoms with Crippen molar-refractivity contribution in [3.63, 3.8) is 0 Å². The highest BCUT2D eigenvalue weighted by Crippen LogP contribution is 2.38. The summed E-state index contributed by atoms with van der Waals surface area (Å²) >= 11 is 0. The summed E-state index contributed by atoms with van der Waals surface area (Å²) in [6, 6.07) is 0. The van der Waals surface area contributed by atoms with E-state index in [0.717, 1.165) is 37.8 Å². The summed E-state index contributed by atoms with van der Waals surface area (Å²) in [5.74, 6) is 1.83. The van der Waals surface area contributed by atoms with E-state index in [4.69, 9.17) is 4.74 Å². The highest BCUT2D eigenvalue weighted by atomic mass is 16.5. The maximum absolute atomic E-state index is 11.7. The number of rotatable bonds is 2. The van der Waals surface area contributed by atoms with E-state index < -0.39 is 0 Å². The van der Waals surface area contributed by atoms with Gasteiger partial charge >= 0.3 is 5.97 Å². The first-order valence-electron chi connectivity index (χ1n) is 6.93. The van der Waals surface area contributed by atoms with Crippen LogP contribution in [0.5, 0.6) is 0 Å².